The number of benzene rings is 1. The Bertz CT molecular complexity index is 520. The van der Waals surface area contributed by atoms with Gasteiger partial charge >= 0.3 is 0 Å². The Morgan fingerprint density at radius 1 is 1.33 bits per heavy atom. The number of ketones is 1. The van der Waals surface area contributed by atoms with Crippen molar-refractivity contribution in [1.82, 2.24) is 4.57 Å². The lowest BCUT2D eigenvalue weighted by Gasteiger charge is -1.97. The van der Waals surface area contributed by atoms with Crippen LogP contribution >= 0.6 is 0 Å². The Balaban J connectivity index is 0.00000162. The number of nitrogens with zero attached hydrogens (tertiary/aromatic N) is 2. The molecule has 0 aliphatic heterocycles. The maximum atomic E-state index is 11.9. The fourth-order valence-electron chi connectivity index (χ4n) is 1.67. The summed E-state index contributed by atoms with van der Waals surface area (Å²) >= 11 is 0. The van der Waals surface area contributed by atoms with E-state index in [0.717, 1.165) is 12.1 Å². The van der Waals surface area contributed by atoms with Crippen LogP contribution in [0.4, 0.5) is 0 Å². The summed E-state index contributed by atoms with van der Waals surface area (Å²) in [4.78, 5) is 11.9. The van der Waals surface area contributed by atoms with Gasteiger partial charge in [-0.15, -0.1) is 0 Å². The molecule has 0 amide bonds. The molecule has 0 bridgehead atoms. The van der Waals surface area contributed by atoms with E-state index in [-0.39, 0.29) is 18.2 Å². The molecular weight excluding hydrogens is 248 g/mol. The third-order valence-corrected chi connectivity index (χ3v) is 2.51. The van der Waals surface area contributed by atoms with E-state index in [0.29, 0.717) is 6.54 Å². The van der Waals surface area contributed by atoms with Crippen LogP contribution in [0.5, 0.6) is 0 Å². The van der Waals surface area contributed by atoms with Crippen molar-refractivity contribution in [3.05, 3.63) is 67.3 Å². The van der Waals surface area contributed by atoms with E-state index in [9.17, 15) is 4.79 Å². The van der Waals surface area contributed by atoms with E-state index in [1.807, 2.05) is 64.3 Å². The molecule has 0 unspecified atom stereocenters. The van der Waals surface area contributed by atoms with E-state index in [2.05, 4.69) is 6.58 Å². The summed E-state index contributed by atoms with van der Waals surface area (Å²) in [6.45, 7) is 4.80. The van der Waals surface area contributed by atoms with Crippen LogP contribution in [0.2, 0.25) is 0 Å². The third kappa shape index (κ3) is 3.57. The van der Waals surface area contributed by atoms with E-state index < -0.39 is 0 Å². The van der Waals surface area contributed by atoms with Gasteiger partial charge in [-0.1, -0.05) is 43.0 Å². The summed E-state index contributed by atoms with van der Waals surface area (Å²) in [7, 11) is 0. The van der Waals surface area contributed by atoms with Gasteiger partial charge in [-0.25, -0.2) is 9.13 Å². The van der Waals surface area contributed by atoms with Gasteiger partial charge in [0.15, 0.2) is 6.54 Å². The Morgan fingerprint density at radius 3 is 2.72 bits per heavy atom. The smallest absolute Gasteiger partial charge is 0.244 e. The molecular formula is C14H15ClN2O. The van der Waals surface area contributed by atoms with Crippen molar-refractivity contribution < 1.29 is 21.8 Å². The van der Waals surface area contributed by atoms with Gasteiger partial charge in [0.25, 0.3) is 0 Å². The van der Waals surface area contributed by atoms with Crippen molar-refractivity contribution in [3.63, 3.8) is 0 Å². The lowest BCUT2D eigenvalue weighted by Crippen LogP contribution is -3.00. The highest BCUT2D eigenvalue weighted by atomic mass is 35.5. The number of allylic oxidation sites excluding steroid dienone is 1. The standard InChI is InChI=1S/C14H15N2O.ClH/c1-2-8-15-9-10-16(12-15)11-14(17)13-6-4-3-5-7-13;/h2-7,9-10,12H,1,8,11H2;1H/q+1;/p-1. The number of aromatic nitrogens is 2. The van der Waals surface area contributed by atoms with Crippen molar-refractivity contribution in [3.8, 4) is 0 Å². The first-order valence-corrected chi connectivity index (χ1v) is 5.53. The molecule has 18 heavy (non-hydrogen) atoms. The van der Waals surface area contributed by atoms with Gasteiger partial charge in [-0.05, 0) is 0 Å². The number of halogens is 1. The van der Waals surface area contributed by atoms with E-state index in [1.54, 1.807) is 0 Å². The van der Waals surface area contributed by atoms with Crippen LogP contribution in [0, 0.1) is 0 Å². The molecule has 1 heterocycles. The number of carbonyl (C=O) groups is 1. The second-order valence-electron chi connectivity index (χ2n) is 3.86. The first-order valence-electron chi connectivity index (χ1n) is 5.53. The topological polar surface area (TPSA) is 25.9 Å². The third-order valence-electron chi connectivity index (χ3n) is 2.51. The highest BCUT2D eigenvalue weighted by molar-refractivity contribution is 5.95. The molecule has 0 fully saturated rings. The maximum absolute atomic E-state index is 11.9. The first kappa shape index (κ1) is 14.2. The molecule has 94 valence electrons. The van der Waals surface area contributed by atoms with Crippen LogP contribution in [0.15, 0.2) is 61.7 Å². The molecule has 0 atom stereocenters. The van der Waals surface area contributed by atoms with Gasteiger partial charge in [-0.3, -0.25) is 4.79 Å². The fourth-order valence-corrected chi connectivity index (χ4v) is 1.67. The molecule has 1 aromatic carbocycles. The number of imidazole rings is 1. The van der Waals surface area contributed by atoms with E-state index in [1.165, 1.54) is 0 Å². The monoisotopic (exact) mass is 262 g/mol. The second-order valence-corrected chi connectivity index (χ2v) is 3.86. The number of rotatable bonds is 5. The number of carbonyl (C=O) groups excluding carboxylic acids is 1. The molecule has 0 radical (unpaired) electrons. The van der Waals surface area contributed by atoms with Gasteiger partial charge in [0.2, 0.25) is 12.1 Å². The van der Waals surface area contributed by atoms with Crippen molar-refractivity contribution in [2.45, 2.75) is 13.1 Å². The van der Waals surface area contributed by atoms with Gasteiger partial charge in [0.05, 0.1) is 0 Å². The average Bonchev–Trinajstić information content (AvgIpc) is 2.78. The highest BCUT2D eigenvalue weighted by Gasteiger charge is 2.10. The minimum atomic E-state index is 0. The van der Waals surface area contributed by atoms with Crippen molar-refractivity contribution >= 4 is 5.78 Å². The van der Waals surface area contributed by atoms with Gasteiger partial charge < -0.3 is 12.4 Å². The number of hydrogen-bond acceptors (Lipinski definition) is 1. The van der Waals surface area contributed by atoms with Crippen LogP contribution in [0.1, 0.15) is 10.4 Å². The molecule has 0 saturated carbocycles. The minimum Gasteiger partial charge on any atom is -1.00 e. The molecule has 1 aromatic heterocycles. The Labute approximate surface area is 113 Å². The first-order chi connectivity index (χ1) is 8.29. The number of Topliss-reactive ketones (excluding diaryl/α,β-unsaturated/α-hetero) is 1. The quantitative estimate of drug-likeness (QED) is 0.380. The zero-order chi connectivity index (χ0) is 12.1. The van der Waals surface area contributed by atoms with E-state index in [4.69, 9.17) is 0 Å². The molecule has 0 spiro atoms. The molecule has 3 nitrogen and oxygen atoms in total. The Kier molecular flexibility index (Phi) is 5.33. The van der Waals surface area contributed by atoms with Gasteiger partial charge in [0, 0.05) is 5.56 Å². The second kappa shape index (κ2) is 6.77. The molecule has 4 heteroatoms. The SMILES string of the molecule is C=CC[n+]1ccn(CC(=O)c2ccccc2)c1.[Cl-]. The molecule has 0 saturated heterocycles. The van der Waals surface area contributed by atoms with Gasteiger partial charge in [0.1, 0.15) is 18.9 Å². The summed E-state index contributed by atoms with van der Waals surface area (Å²) < 4.78 is 3.85. The highest BCUT2D eigenvalue weighted by Crippen LogP contribution is 2.01. The molecule has 0 aliphatic carbocycles. The van der Waals surface area contributed by atoms with Crippen LogP contribution in [-0.2, 0) is 13.1 Å². The average molecular weight is 263 g/mol. The molecule has 2 rings (SSSR count). The Morgan fingerprint density at radius 2 is 2.06 bits per heavy atom. The zero-order valence-corrected chi connectivity index (χ0v) is 10.8. The predicted octanol–water partition coefficient (Wildman–Crippen LogP) is -1.15. The molecule has 0 N–H and O–H groups in total. The predicted molar refractivity (Wildman–Crippen MR) is 65.6 cm³/mol. The van der Waals surface area contributed by atoms with Crippen molar-refractivity contribution in [1.29, 1.82) is 0 Å². The van der Waals surface area contributed by atoms with E-state index >= 15 is 0 Å². The van der Waals surface area contributed by atoms with Crippen LogP contribution in [0.25, 0.3) is 0 Å². The summed E-state index contributed by atoms with van der Waals surface area (Å²) in [5, 5.41) is 0. The fraction of sp³-hybridized carbons (Fsp3) is 0.143. The lowest BCUT2D eigenvalue weighted by atomic mass is 10.1. The zero-order valence-electron chi connectivity index (χ0n) is 10.00. The van der Waals surface area contributed by atoms with Crippen molar-refractivity contribution in [2.24, 2.45) is 0 Å². The summed E-state index contributed by atoms with van der Waals surface area (Å²) in [5.74, 6) is 0.118. The molecule has 0 aliphatic rings. The summed E-state index contributed by atoms with van der Waals surface area (Å²) in [5.41, 5.74) is 0.747. The Hall–Kier alpha value is -1.87. The van der Waals surface area contributed by atoms with Crippen LogP contribution in [0.3, 0.4) is 0 Å². The summed E-state index contributed by atoms with van der Waals surface area (Å²) in [6, 6.07) is 9.33. The lowest BCUT2D eigenvalue weighted by molar-refractivity contribution is -0.686. The minimum absolute atomic E-state index is 0. The van der Waals surface area contributed by atoms with Crippen molar-refractivity contribution in [2.75, 3.05) is 0 Å². The number of hydrogen-bond donors (Lipinski definition) is 0. The maximum Gasteiger partial charge on any atom is 0.244 e. The largest absolute Gasteiger partial charge is 1.00 e. The normalized spacial score (nSPS) is 9.56. The molecule has 2 aromatic rings. The van der Waals surface area contributed by atoms with Gasteiger partial charge in [-0.2, -0.15) is 0 Å². The van der Waals surface area contributed by atoms with Crippen LogP contribution in [-0.4, -0.2) is 10.4 Å². The van der Waals surface area contributed by atoms with Crippen LogP contribution < -0.4 is 17.0 Å². The summed E-state index contributed by atoms with van der Waals surface area (Å²) in [6.07, 6.45) is 7.55.